The van der Waals surface area contributed by atoms with E-state index in [1.54, 1.807) is 0 Å². The smallest absolute Gasteiger partial charge is 0.258 e. The van der Waals surface area contributed by atoms with Crippen molar-refractivity contribution in [2.24, 2.45) is 0 Å². The van der Waals surface area contributed by atoms with Crippen LogP contribution >= 0.6 is 0 Å². The molecule has 0 aliphatic carbocycles. The lowest BCUT2D eigenvalue weighted by atomic mass is 10.2. The summed E-state index contributed by atoms with van der Waals surface area (Å²) >= 11 is 0. The van der Waals surface area contributed by atoms with Gasteiger partial charge in [0, 0.05) is 0 Å². The van der Waals surface area contributed by atoms with Crippen LogP contribution in [0.1, 0.15) is 0 Å². The Morgan fingerprint density at radius 1 is 0.786 bits per heavy atom. The van der Waals surface area contributed by atoms with E-state index in [2.05, 4.69) is 0 Å². The van der Waals surface area contributed by atoms with Crippen molar-refractivity contribution in [2.75, 3.05) is 0 Å². The van der Waals surface area contributed by atoms with E-state index in [9.17, 15) is 32.1 Å². The molecule has 1 aromatic carbocycles. The second-order valence-corrected chi connectivity index (χ2v) is 2.18. The Bertz CT molecular complexity index is 390. The molecule has 0 saturated carbocycles. The molecule has 0 spiro atoms. The molecule has 0 N–H and O–H groups in total. The lowest BCUT2D eigenvalue weighted by molar-refractivity contribution is -0.390. The van der Waals surface area contributed by atoms with E-state index >= 15 is 0 Å². The first kappa shape index (κ1) is 10.4. The molecule has 0 unspecified atom stereocenters. The molecule has 0 aromatic heterocycles. The molecule has 0 fully saturated rings. The molecule has 1 aromatic rings. The molecule has 0 aliphatic rings. The topological polar surface area (TPSA) is 43.1 Å². The van der Waals surface area contributed by atoms with Crippen LogP contribution in [-0.2, 0) is 0 Å². The van der Waals surface area contributed by atoms with E-state index < -0.39 is 39.7 Å². The van der Waals surface area contributed by atoms with Gasteiger partial charge in [0.25, 0.3) is 0 Å². The van der Waals surface area contributed by atoms with E-state index in [1.807, 2.05) is 0 Å². The highest BCUT2D eigenvalue weighted by Crippen LogP contribution is 2.28. The molecule has 8 heteroatoms. The minimum Gasteiger partial charge on any atom is -0.258 e. The van der Waals surface area contributed by atoms with Crippen LogP contribution < -0.4 is 0 Å². The van der Waals surface area contributed by atoms with Gasteiger partial charge in [-0.2, -0.15) is 8.78 Å². The van der Waals surface area contributed by atoms with Crippen LogP contribution in [0.5, 0.6) is 0 Å². The van der Waals surface area contributed by atoms with E-state index in [-0.39, 0.29) is 0 Å². The Hall–Kier alpha value is -1.73. The molecular formula is C6F5NO2. The molecule has 0 aliphatic heterocycles. The van der Waals surface area contributed by atoms with Crippen molar-refractivity contribution in [3.05, 3.63) is 39.2 Å². The fourth-order valence-electron chi connectivity index (χ4n) is 0.754. The maximum Gasteiger partial charge on any atom is 0.346 e. The van der Waals surface area contributed by atoms with Gasteiger partial charge >= 0.3 is 5.69 Å². The Morgan fingerprint density at radius 2 is 1.07 bits per heavy atom. The fourth-order valence-corrected chi connectivity index (χ4v) is 0.754. The summed E-state index contributed by atoms with van der Waals surface area (Å²) in [5, 5.41) is 9.93. The quantitative estimate of drug-likeness (QED) is 0.236. The highest BCUT2D eigenvalue weighted by Gasteiger charge is 2.33. The molecule has 1 rings (SSSR count). The Balaban J connectivity index is 3.68. The third-order valence-corrected chi connectivity index (χ3v) is 1.37. The number of benzene rings is 1. The van der Waals surface area contributed by atoms with E-state index in [4.69, 9.17) is 0 Å². The Kier molecular flexibility index (Phi) is 2.37. The highest BCUT2D eigenvalue weighted by molar-refractivity contribution is 5.35. The lowest BCUT2D eigenvalue weighted by Crippen LogP contribution is -2.06. The number of hydrogen-bond donors (Lipinski definition) is 0. The van der Waals surface area contributed by atoms with Gasteiger partial charge in [0.15, 0.2) is 0 Å². The van der Waals surface area contributed by atoms with Crippen LogP contribution in [0, 0.1) is 39.2 Å². The predicted molar refractivity (Wildman–Crippen MR) is 32.9 cm³/mol. The standard InChI is InChI=1S/C6F5NO2/c7-1-2(8)4(10)6(12(13)14)5(11)3(1)9. The molecule has 0 amide bonds. The summed E-state index contributed by atoms with van der Waals surface area (Å²) in [4.78, 5) is 8.24. The van der Waals surface area contributed by atoms with Crippen molar-refractivity contribution in [3.8, 4) is 0 Å². The zero-order valence-electron chi connectivity index (χ0n) is 6.15. The lowest BCUT2D eigenvalue weighted by Gasteiger charge is -2.00. The molecule has 0 bridgehead atoms. The molecule has 0 radical (unpaired) electrons. The number of nitro benzene ring substituents is 1. The number of nitrogens with zero attached hydrogens (tertiary/aromatic N) is 1. The van der Waals surface area contributed by atoms with Gasteiger partial charge in [0.05, 0.1) is 4.92 Å². The number of hydrogen-bond acceptors (Lipinski definition) is 2. The van der Waals surface area contributed by atoms with Gasteiger partial charge in [-0.3, -0.25) is 10.1 Å². The molecule has 0 atom stereocenters. The molecular weight excluding hydrogens is 213 g/mol. The molecule has 3 nitrogen and oxygen atoms in total. The van der Waals surface area contributed by atoms with Crippen LogP contribution in [0.25, 0.3) is 0 Å². The van der Waals surface area contributed by atoms with Crippen LogP contribution in [0.15, 0.2) is 0 Å². The summed E-state index contributed by atoms with van der Waals surface area (Å²) in [6.07, 6.45) is 0. The van der Waals surface area contributed by atoms with E-state index in [1.165, 1.54) is 0 Å². The minimum atomic E-state index is -2.43. The van der Waals surface area contributed by atoms with Gasteiger partial charge < -0.3 is 0 Å². The maximum atomic E-state index is 12.5. The second kappa shape index (κ2) is 3.20. The first-order valence-corrected chi connectivity index (χ1v) is 3.03. The van der Waals surface area contributed by atoms with Crippen molar-refractivity contribution >= 4 is 5.69 Å². The summed E-state index contributed by atoms with van der Waals surface area (Å²) in [7, 11) is 0. The van der Waals surface area contributed by atoms with Gasteiger partial charge in [-0.15, -0.1) is 0 Å². The van der Waals surface area contributed by atoms with E-state index in [0.717, 1.165) is 0 Å². The summed E-state index contributed by atoms with van der Waals surface area (Å²) < 4.78 is 61.9. The molecule has 14 heavy (non-hydrogen) atoms. The SMILES string of the molecule is O=[N+]([O-])c1c(F)c(F)c(F)c(F)c1F. The van der Waals surface area contributed by atoms with Gasteiger partial charge in [-0.25, -0.2) is 13.2 Å². The summed E-state index contributed by atoms with van der Waals surface area (Å²) in [6.45, 7) is 0. The monoisotopic (exact) mass is 213 g/mol. The van der Waals surface area contributed by atoms with Crippen LogP contribution in [0.4, 0.5) is 27.6 Å². The highest BCUT2D eigenvalue weighted by atomic mass is 19.2. The normalized spacial score (nSPS) is 10.4. The zero-order valence-corrected chi connectivity index (χ0v) is 6.15. The van der Waals surface area contributed by atoms with Crippen molar-refractivity contribution in [1.82, 2.24) is 0 Å². The van der Waals surface area contributed by atoms with Crippen molar-refractivity contribution in [2.45, 2.75) is 0 Å². The van der Waals surface area contributed by atoms with Crippen molar-refractivity contribution in [3.63, 3.8) is 0 Å². The second-order valence-electron chi connectivity index (χ2n) is 2.18. The Morgan fingerprint density at radius 3 is 1.36 bits per heavy atom. The number of nitro groups is 1. The van der Waals surface area contributed by atoms with E-state index in [0.29, 0.717) is 0 Å². The van der Waals surface area contributed by atoms with Crippen LogP contribution in [0.2, 0.25) is 0 Å². The van der Waals surface area contributed by atoms with Gasteiger partial charge in [-0.1, -0.05) is 0 Å². The van der Waals surface area contributed by atoms with Gasteiger partial charge in [0.1, 0.15) is 0 Å². The predicted octanol–water partition coefficient (Wildman–Crippen LogP) is 2.29. The number of halogens is 5. The average molecular weight is 213 g/mol. The Labute approximate surface area is 72.9 Å². The first-order chi connectivity index (χ1) is 6.37. The third kappa shape index (κ3) is 1.28. The largest absolute Gasteiger partial charge is 0.346 e. The van der Waals surface area contributed by atoms with Crippen LogP contribution in [0.3, 0.4) is 0 Å². The minimum absolute atomic E-state index is 1.68. The van der Waals surface area contributed by atoms with Gasteiger partial charge in [-0.05, 0) is 0 Å². The first-order valence-electron chi connectivity index (χ1n) is 3.03. The summed E-state index contributed by atoms with van der Waals surface area (Å²) in [5.41, 5.74) is -2.05. The summed E-state index contributed by atoms with van der Waals surface area (Å²) in [6, 6.07) is 0. The fraction of sp³-hybridized carbons (Fsp3) is 0. The summed E-state index contributed by atoms with van der Waals surface area (Å²) in [5.74, 6) is -12.0. The molecule has 0 heterocycles. The van der Waals surface area contributed by atoms with Crippen LogP contribution in [-0.4, -0.2) is 4.92 Å². The van der Waals surface area contributed by atoms with Crippen molar-refractivity contribution in [1.29, 1.82) is 0 Å². The maximum absolute atomic E-state index is 12.5. The van der Waals surface area contributed by atoms with Gasteiger partial charge in [0.2, 0.25) is 29.1 Å². The third-order valence-electron chi connectivity index (χ3n) is 1.37. The number of rotatable bonds is 1. The average Bonchev–Trinajstić information content (AvgIpc) is 2.11. The molecule has 76 valence electrons. The zero-order chi connectivity index (χ0) is 11.0. The molecule has 0 saturated heterocycles. The van der Waals surface area contributed by atoms with Crippen molar-refractivity contribution < 1.29 is 26.9 Å².